The summed E-state index contributed by atoms with van der Waals surface area (Å²) in [7, 11) is 0. The summed E-state index contributed by atoms with van der Waals surface area (Å²) in [6, 6.07) is 8.83. The zero-order valence-corrected chi connectivity index (χ0v) is 16.7. The Morgan fingerprint density at radius 2 is 1.96 bits per heavy atom. The first-order valence-corrected chi connectivity index (χ1v) is 10.8. The van der Waals surface area contributed by atoms with Gasteiger partial charge in [0.2, 0.25) is 0 Å². The van der Waals surface area contributed by atoms with Crippen LogP contribution in [0.4, 0.5) is 0 Å². The van der Waals surface area contributed by atoms with Crippen LogP contribution in [0.2, 0.25) is 0 Å². The molecule has 0 spiro atoms. The molecule has 140 valence electrons. The SMILES string of the molecule is CSC1=C(c2cccc3sccc23)N2CCN=C2S1.O=C(O)C=CC(=O)O. The molecule has 4 rings (SSSR count). The van der Waals surface area contributed by atoms with Crippen molar-refractivity contribution in [1.29, 1.82) is 0 Å². The van der Waals surface area contributed by atoms with Crippen LogP contribution in [0.1, 0.15) is 5.56 Å². The molecule has 0 bridgehead atoms. The van der Waals surface area contributed by atoms with Crippen molar-refractivity contribution in [3.8, 4) is 0 Å². The van der Waals surface area contributed by atoms with E-state index >= 15 is 0 Å². The molecule has 0 atom stereocenters. The normalized spacial score (nSPS) is 15.7. The minimum absolute atomic E-state index is 0.558. The number of aliphatic imine (C=N–C) groups is 1. The summed E-state index contributed by atoms with van der Waals surface area (Å²) < 4.78 is 2.73. The van der Waals surface area contributed by atoms with Crippen molar-refractivity contribution in [2.45, 2.75) is 0 Å². The largest absolute Gasteiger partial charge is 0.478 e. The Morgan fingerprint density at radius 3 is 2.63 bits per heavy atom. The van der Waals surface area contributed by atoms with Crippen LogP contribution in [0.15, 0.2) is 51.0 Å². The van der Waals surface area contributed by atoms with Crippen LogP contribution in [-0.2, 0) is 9.59 Å². The predicted molar refractivity (Wildman–Crippen MR) is 113 cm³/mol. The van der Waals surface area contributed by atoms with E-state index in [4.69, 9.17) is 10.2 Å². The Labute approximate surface area is 168 Å². The maximum Gasteiger partial charge on any atom is 0.328 e. The van der Waals surface area contributed by atoms with E-state index in [0.29, 0.717) is 12.2 Å². The Balaban J connectivity index is 0.000000226. The van der Waals surface area contributed by atoms with Gasteiger partial charge in [0, 0.05) is 34.3 Å². The monoisotopic (exact) mass is 420 g/mol. The second-order valence-corrected chi connectivity index (χ2v) is 8.41. The Kier molecular flexibility index (Phi) is 6.25. The first-order valence-electron chi connectivity index (χ1n) is 7.90. The van der Waals surface area contributed by atoms with Gasteiger partial charge in [0.1, 0.15) is 0 Å². The number of amidine groups is 1. The van der Waals surface area contributed by atoms with Crippen molar-refractivity contribution in [2.75, 3.05) is 19.3 Å². The third-order valence-electron chi connectivity index (χ3n) is 3.75. The van der Waals surface area contributed by atoms with Gasteiger partial charge in [0.15, 0.2) is 5.17 Å². The molecule has 0 fully saturated rings. The van der Waals surface area contributed by atoms with Gasteiger partial charge in [-0.05, 0) is 35.5 Å². The number of nitrogens with zero attached hydrogens (tertiary/aromatic N) is 2. The van der Waals surface area contributed by atoms with Gasteiger partial charge in [0.05, 0.1) is 16.5 Å². The molecule has 0 unspecified atom stereocenters. The van der Waals surface area contributed by atoms with Crippen molar-refractivity contribution >= 4 is 67.8 Å². The lowest BCUT2D eigenvalue weighted by atomic mass is 10.1. The van der Waals surface area contributed by atoms with Crippen LogP contribution in [0.3, 0.4) is 0 Å². The fourth-order valence-electron chi connectivity index (χ4n) is 2.70. The summed E-state index contributed by atoms with van der Waals surface area (Å²) >= 11 is 5.45. The first kappa shape index (κ1) is 19.5. The van der Waals surface area contributed by atoms with Gasteiger partial charge in [-0.15, -0.1) is 23.1 Å². The van der Waals surface area contributed by atoms with Crippen LogP contribution >= 0.6 is 34.9 Å². The van der Waals surface area contributed by atoms with Crippen LogP contribution in [0, 0.1) is 0 Å². The van der Waals surface area contributed by atoms with E-state index in [1.165, 1.54) is 30.8 Å². The lowest BCUT2D eigenvalue weighted by Crippen LogP contribution is -2.20. The average molecular weight is 421 g/mol. The highest BCUT2D eigenvalue weighted by molar-refractivity contribution is 8.30. The smallest absolute Gasteiger partial charge is 0.328 e. The van der Waals surface area contributed by atoms with Gasteiger partial charge in [-0.25, -0.2) is 9.59 Å². The van der Waals surface area contributed by atoms with Gasteiger partial charge in [-0.1, -0.05) is 12.1 Å². The average Bonchev–Trinajstić information content (AvgIpc) is 3.35. The molecule has 0 aliphatic carbocycles. The molecule has 1 aromatic heterocycles. The number of hydrogen-bond acceptors (Lipinski definition) is 7. The topological polar surface area (TPSA) is 90.2 Å². The van der Waals surface area contributed by atoms with E-state index in [2.05, 4.69) is 45.8 Å². The van der Waals surface area contributed by atoms with E-state index in [-0.39, 0.29) is 0 Å². The molecule has 27 heavy (non-hydrogen) atoms. The summed E-state index contributed by atoms with van der Waals surface area (Å²) in [4.78, 5) is 26.1. The standard InChI is InChI=1S/C14H12N2S3.C4H4O4/c1-17-13-12(16-7-6-15-14(16)19-13)10-3-2-4-11-9(10)5-8-18-11;5-3(6)1-2-4(7)8/h2-5,8H,6-7H2,1H3;1-2H,(H,5,6)(H,7,8). The third-order valence-corrected chi connectivity index (χ3v) is 6.86. The lowest BCUT2D eigenvalue weighted by Gasteiger charge is -2.17. The third kappa shape index (κ3) is 4.37. The van der Waals surface area contributed by atoms with Gasteiger partial charge >= 0.3 is 11.9 Å². The summed E-state index contributed by atoms with van der Waals surface area (Å²) in [6.45, 7) is 1.94. The van der Waals surface area contributed by atoms with E-state index in [0.717, 1.165) is 13.1 Å². The summed E-state index contributed by atoms with van der Waals surface area (Å²) in [5.41, 5.74) is 2.71. The van der Waals surface area contributed by atoms with E-state index in [1.807, 2.05) is 34.9 Å². The molecule has 2 aliphatic rings. The molecule has 0 saturated carbocycles. The number of benzene rings is 1. The van der Waals surface area contributed by atoms with Gasteiger partial charge in [-0.2, -0.15) is 0 Å². The number of carboxylic acids is 2. The fourth-order valence-corrected chi connectivity index (χ4v) is 5.41. The molecule has 2 N–H and O–H groups in total. The second-order valence-electron chi connectivity index (χ2n) is 5.41. The van der Waals surface area contributed by atoms with E-state index in [9.17, 15) is 9.59 Å². The highest BCUT2D eigenvalue weighted by atomic mass is 32.2. The number of carbonyl (C=O) groups is 2. The molecule has 2 aromatic rings. The van der Waals surface area contributed by atoms with Crippen molar-refractivity contribution in [3.05, 3.63) is 51.6 Å². The van der Waals surface area contributed by atoms with Crippen LogP contribution in [-0.4, -0.2) is 51.6 Å². The number of fused-ring (bicyclic) bond motifs is 2. The number of rotatable bonds is 4. The quantitative estimate of drug-likeness (QED) is 0.722. The summed E-state index contributed by atoms with van der Waals surface area (Å²) in [5, 5.41) is 20.3. The zero-order chi connectivity index (χ0) is 19.4. The Hall–Kier alpha value is -2.23. The van der Waals surface area contributed by atoms with Crippen LogP contribution < -0.4 is 0 Å². The summed E-state index contributed by atoms with van der Waals surface area (Å²) in [6.07, 6.45) is 3.27. The molecule has 0 radical (unpaired) electrons. The van der Waals surface area contributed by atoms with Crippen LogP contribution in [0.5, 0.6) is 0 Å². The molecule has 1 aromatic carbocycles. The minimum Gasteiger partial charge on any atom is -0.478 e. The number of hydrogen-bond donors (Lipinski definition) is 2. The molecule has 2 aliphatic heterocycles. The molecule has 9 heteroatoms. The fraction of sp³-hybridized carbons (Fsp3) is 0.167. The minimum atomic E-state index is -1.26. The first-order chi connectivity index (χ1) is 13.0. The molecule has 0 saturated heterocycles. The van der Waals surface area contributed by atoms with Crippen molar-refractivity contribution < 1.29 is 19.8 Å². The highest BCUT2D eigenvalue weighted by Crippen LogP contribution is 2.47. The Bertz CT molecular complexity index is 962. The van der Waals surface area contributed by atoms with Crippen LogP contribution in [0.25, 0.3) is 15.8 Å². The maximum atomic E-state index is 9.55. The molecular formula is C18H16N2O4S3. The van der Waals surface area contributed by atoms with Crippen molar-refractivity contribution in [2.24, 2.45) is 4.99 Å². The van der Waals surface area contributed by atoms with Gasteiger partial charge in [0.25, 0.3) is 0 Å². The zero-order valence-electron chi connectivity index (χ0n) is 14.3. The molecule has 3 heterocycles. The molecule has 6 nitrogen and oxygen atoms in total. The highest BCUT2D eigenvalue weighted by Gasteiger charge is 2.33. The number of carboxylic acid groups (broad SMARTS) is 2. The Morgan fingerprint density at radius 1 is 1.22 bits per heavy atom. The van der Waals surface area contributed by atoms with E-state index < -0.39 is 11.9 Å². The van der Waals surface area contributed by atoms with Gasteiger partial charge < -0.3 is 15.1 Å². The second kappa shape index (κ2) is 8.64. The maximum absolute atomic E-state index is 9.55. The lowest BCUT2D eigenvalue weighted by molar-refractivity contribution is -0.134. The number of thioether (sulfide) groups is 2. The molecule has 0 amide bonds. The van der Waals surface area contributed by atoms with Gasteiger partial charge in [-0.3, -0.25) is 4.99 Å². The van der Waals surface area contributed by atoms with Crippen molar-refractivity contribution in [3.63, 3.8) is 0 Å². The number of aliphatic carboxylic acids is 2. The number of thiophene rings is 1. The van der Waals surface area contributed by atoms with Crippen molar-refractivity contribution in [1.82, 2.24) is 4.90 Å². The molecular weight excluding hydrogens is 404 g/mol. The summed E-state index contributed by atoms with van der Waals surface area (Å²) in [5.74, 6) is -2.51. The van der Waals surface area contributed by atoms with E-state index in [1.54, 1.807) is 0 Å². The predicted octanol–water partition coefficient (Wildman–Crippen LogP) is 4.02.